The molecule has 0 bridgehead atoms. The van der Waals surface area contributed by atoms with Gasteiger partial charge in [-0.25, -0.2) is 0 Å². The molecule has 6 rings (SSSR count). The number of hydrogen-bond donors (Lipinski definition) is 0. The van der Waals surface area contributed by atoms with Gasteiger partial charge in [0.15, 0.2) is 0 Å². The molecule has 0 unspecified atom stereocenters. The van der Waals surface area contributed by atoms with Crippen LogP contribution >= 0.6 is 0 Å². The first-order valence-corrected chi connectivity index (χ1v) is 21.6. The van der Waals surface area contributed by atoms with Gasteiger partial charge in [-0.3, -0.25) is 21.8 Å². The molecule has 0 aliphatic carbocycles. The zero-order valence-corrected chi connectivity index (χ0v) is 43.4. The molecule has 0 spiro atoms. The summed E-state index contributed by atoms with van der Waals surface area (Å²) in [4.78, 5) is 9.73. The van der Waals surface area contributed by atoms with Gasteiger partial charge in [0.2, 0.25) is 0 Å². The molecule has 4 nitrogen and oxygen atoms in total. The monoisotopic (exact) mass is 952 g/mol. The van der Waals surface area contributed by atoms with Gasteiger partial charge in [-0.1, -0.05) is 145 Å². The second-order valence-corrected chi connectivity index (χ2v) is 16.0. The van der Waals surface area contributed by atoms with E-state index in [-0.39, 0.29) is 34.1 Å². The van der Waals surface area contributed by atoms with E-state index in [1.165, 1.54) is 44.5 Å². The van der Waals surface area contributed by atoms with E-state index in [0.29, 0.717) is 0 Å². The summed E-state index contributed by atoms with van der Waals surface area (Å²) < 4.78 is 0. The largest absolute Gasteiger partial charge is 2.00 e. The number of nitrogens with zero attached hydrogens (tertiary/aromatic N) is 4. The molecule has 0 N–H and O–H groups in total. The van der Waals surface area contributed by atoms with E-state index in [0.717, 1.165) is 67.8 Å². The summed E-state index contributed by atoms with van der Waals surface area (Å²) in [6, 6.07) is 43.9. The van der Waals surface area contributed by atoms with Crippen LogP contribution in [0.5, 0.6) is 0 Å². The average Bonchev–Trinajstić information content (AvgIpc) is 3.29. The van der Waals surface area contributed by atoms with Gasteiger partial charge >= 0.3 is 34.1 Å². The summed E-state index contributed by atoms with van der Waals surface area (Å²) in [6.07, 6.45) is 13.4. The van der Waals surface area contributed by atoms with Crippen molar-refractivity contribution in [2.45, 2.75) is 96.9 Å². The van der Waals surface area contributed by atoms with Crippen LogP contribution < -0.4 is 0 Å². The zero-order valence-electron chi connectivity index (χ0n) is 41.2. The van der Waals surface area contributed by atoms with Crippen molar-refractivity contribution in [3.63, 3.8) is 0 Å². The molecule has 340 valence electrons. The van der Waals surface area contributed by atoms with Crippen molar-refractivity contribution in [3.8, 4) is 11.8 Å². The maximum absolute atomic E-state index is 6.69. The predicted octanol–water partition coefficient (Wildman–Crippen LogP) is 17.3. The number of benzene rings is 6. The normalized spacial score (nSPS) is 11.3. The van der Waals surface area contributed by atoms with Crippen LogP contribution in [0.15, 0.2) is 166 Å². The van der Waals surface area contributed by atoms with Gasteiger partial charge < -0.3 is 23.5 Å². The smallest absolute Gasteiger partial charge is 0.661 e. The van der Waals surface area contributed by atoms with Crippen LogP contribution in [-0.2, 0) is 34.1 Å². The Morgan fingerprint density at radius 1 is 0.364 bits per heavy atom. The van der Waals surface area contributed by atoms with Crippen molar-refractivity contribution in [2.75, 3.05) is 0 Å². The predicted molar refractivity (Wildman–Crippen MR) is 277 cm³/mol. The Morgan fingerprint density at radius 2 is 0.606 bits per heavy atom. The Labute approximate surface area is 419 Å². The van der Waals surface area contributed by atoms with Crippen molar-refractivity contribution in [3.05, 3.63) is 235 Å². The molecule has 0 aliphatic rings. The number of para-hydroxylation sites is 4. The number of aliphatic imine (C=N–C) groups is 2. The minimum Gasteiger partial charge on any atom is -0.661 e. The summed E-state index contributed by atoms with van der Waals surface area (Å²) in [6.45, 7) is 29.3. The SMILES string of the molecule is CC(=Nc1c(C)cccc1C)/C(C)=C(/C)[N-]c1c(C)cccc1C.CC(=Nc1c(C)cccc1C)/C(C)=C(/C)[N-]c1c(C)cccc1C.[C-]#Cc1ccccc1.[C-]#Cc1ccccc1.[Fe+2].[Fe+2]. The van der Waals surface area contributed by atoms with Crippen LogP contribution in [0.2, 0.25) is 0 Å². The van der Waals surface area contributed by atoms with Crippen molar-refractivity contribution >= 4 is 34.2 Å². The van der Waals surface area contributed by atoms with Crippen LogP contribution in [0.4, 0.5) is 22.7 Å². The van der Waals surface area contributed by atoms with Gasteiger partial charge in [0.05, 0.1) is 11.4 Å². The molecule has 0 aliphatic heterocycles. The van der Waals surface area contributed by atoms with E-state index in [1.54, 1.807) is 0 Å². The van der Waals surface area contributed by atoms with Crippen LogP contribution in [0.25, 0.3) is 10.6 Å². The molecular weight excluding hydrogens is 888 g/mol. The third-order valence-electron chi connectivity index (χ3n) is 10.9. The Kier molecular flexibility index (Phi) is 25.8. The first-order chi connectivity index (χ1) is 30.5. The third-order valence-corrected chi connectivity index (χ3v) is 10.9. The molecule has 6 aromatic rings. The van der Waals surface area contributed by atoms with Crippen LogP contribution in [0, 0.1) is 80.1 Å². The van der Waals surface area contributed by atoms with Crippen molar-refractivity contribution in [2.24, 2.45) is 9.98 Å². The van der Waals surface area contributed by atoms with Gasteiger partial charge in [-0.2, -0.15) is 11.4 Å². The number of hydrogen-bond acceptors (Lipinski definition) is 2. The number of allylic oxidation sites excluding steroid dienone is 4. The Hall–Kier alpha value is -6.10. The summed E-state index contributed by atoms with van der Waals surface area (Å²) >= 11 is 0. The minimum atomic E-state index is 0. The van der Waals surface area contributed by atoms with Gasteiger partial charge in [-0.05, 0) is 116 Å². The zero-order chi connectivity index (χ0) is 47.3. The number of rotatable bonds is 8. The third kappa shape index (κ3) is 18.1. The maximum Gasteiger partial charge on any atom is 2.00 e. The Bertz CT molecular complexity index is 2440. The molecule has 0 fully saturated rings. The summed E-state index contributed by atoms with van der Waals surface area (Å²) in [5, 5.41) is 9.73. The molecule has 0 amide bonds. The molecule has 6 aromatic carbocycles. The molecule has 0 radical (unpaired) electrons. The standard InChI is InChI=1S/2C22H27N2.2C8H5.2Fe/c2*1-14-10-8-11-15(2)21(14)23-19(6)18(5)20(7)24-22-16(3)12-9-13-17(22)4;2*1-2-8-6-4-3-5-7-8;;/h2*8-13H,1-7H3;2*3-7H;;/q4*-1;2*+2/b2*19-18-,24-20?;;;;. The van der Waals surface area contributed by atoms with Crippen molar-refractivity contribution < 1.29 is 34.1 Å². The first kappa shape index (κ1) is 57.9. The summed E-state index contributed by atoms with van der Waals surface area (Å²) in [7, 11) is 0. The fourth-order valence-electron chi connectivity index (χ4n) is 6.50. The van der Waals surface area contributed by atoms with E-state index in [9.17, 15) is 0 Å². The molecule has 0 aromatic heterocycles. The van der Waals surface area contributed by atoms with E-state index in [1.807, 2.05) is 60.7 Å². The van der Waals surface area contributed by atoms with Gasteiger partial charge in [0.25, 0.3) is 0 Å². The first-order valence-electron chi connectivity index (χ1n) is 21.6. The average molecular weight is 953 g/mol. The van der Waals surface area contributed by atoms with E-state index < -0.39 is 0 Å². The fraction of sp³-hybridized carbons (Fsp3) is 0.233. The van der Waals surface area contributed by atoms with Crippen molar-refractivity contribution in [1.29, 1.82) is 0 Å². The molecular formula is C60H64Fe2N4. The van der Waals surface area contributed by atoms with Crippen LogP contribution in [0.3, 0.4) is 0 Å². The summed E-state index contributed by atoms with van der Waals surface area (Å²) in [5.41, 5.74) is 21.8. The molecule has 0 atom stereocenters. The second kappa shape index (κ2) is 29.4. The molecule has 0 heterocycles. The Balaban J connectivity index is 0.000000484. The molecule has 0 saturated carbocycles. The van der Waals surface area contributed by atoms with Gasteiger partial charge in [0.1, 0.15) is 0 Å². The van der Waals surface area contributed by atoms with Crippen LogP contribution in [-0.4, -0.2) is 11.4 Å². The number of aryl methyl sites for hydroxylation is 8. The second-order valence-electron chi connectivity index (χ2n) is 16.0. The van der Waals surface area contributed by atoms with E-state index >= 15 is 0 Å². The topological polar surface area (TPSA) is 52.9 Å². The molecule has 66 heavy (non-hydrogen) atoms. The maximum atomic E-state index is 6.69. The van der Waals surface area contributed by atoms with Gasteiger partial charge in [-0.15, -0.1) is 46.8 Å². The summed E-state index contributed by atoms with van der Waals surface area (Å²) in [5.74, 6) is 4.55. The van der Waals surface area contributed by atoms with E-state index in [2.05, 4.69) is 182 Å². The van der Waals surface area contributed by atoms with Crippen LogP contribution in [0.1, 0.15) is 97.2 Å². The molecule has 0 saturated heterocycles. The fourth-order valence-corrected chi connectivity index (χ4v) is 6.50. The van der Waals surface area contributed by atoms with Gasteiger partial charge in [0, 0.05) is 11.4 Å². The quantitative estimate of drug-likeness (QED) is 0.0632. The minimum absolute atomic E-state index is 0. The van der Waals surface area contributed by atoms with E-state index in [4.69, 9.17) is 33.5 Å². The molecule has 6 heteroatoms. The van der Waals surface area contributed by atoms with Crippen molar-refractivity contribution in [1.82, 2.24) is 0 Å². The Morgan fingerprint density at radius 3 is 0.833 bits per heavy atom.